The lowest BCUT2D eigenvalue weighted by Crippen LogP contribution is -2.29. The first kappa shape index (κ1) is 28.4. The molecule has 2 aromatic carbocycles. The lowest BCUT2D eigenvalue weighted by Gasteiger charge is -2.24. The van der Waals surface area contributed by atoms with Gasteiger partial charge in [-0.15, -0.1) is 0 Å². The monoisotopic (exact) mass is 564 g/mol. The maximum atomic E-state index is 13.5. The van der Waals surface area contributed by atoms with Gasteiger partial charge in [-0.1, -0.05) is 30.1 Å². The number of methoxy groups -OCH3 is 2. The maximum absolute atomic E-state index is 13.5. The molecular weight excluding hydrogens is 536 g/mol. The number of carbonyl (C=O) groups is 3. The molecule has 2 heterocycles. The Hall–Kier alpha value is -4.64. The van der Waals surface area contributed by atoms with Crippen LogP contribution in [-0.2, 0) is 14.3 Å². The van der Waals surface area contributed by atoms with Gasteiger partial charge in [-0.2, -0.15) is 0 Å². The molecule has 1 aliphatic rings. The van der Waals surface area contributed by atoms with Crippen LogP contribution >= 0.6 is 11.3 Å². The Labute approximate surface area is 235 Å². The van der Waals surface area contributed by atoms with E-state index in [-0.39, 0.29) is 27.9 Å². The van der Waals surface area contributed by atoms with Gasteiger partial charge in [-0.25, -0.2) is 9.78 Å². The predicted octanol–water partition coefficient (Wildman–Crippen LogP) is 4.84. The first-order valence-electron chi connectivity index (χ1n) is 12.3. The number of nitrogens with zero attached hydrogens (tertiary/aromatic N) is 2. The molecule has 1 aliphatic heterocycles. The summed E-state index contributed by atoms with van der Waals surface area (Å²) in [7, 11) is 2.75. The SMILES string of the molecule is C=CCOc1ccc(C2C(=C(O)c3ccc(OC)cc3)C(=O)C(=O)N2c2nc(C)c(C(=O)OC)s2)cc1OCC. The number of hydrogen-bond acceptors (Lipinski definition) is 10. The van der Waals surface area contributed by atoms with Gasteiger partial charge < -0.3 is 24.1 Å². The Balaban J connectivity index is 1.94. The van der Waals surface area contributed by atoms with Crippen molar-refractivity contribution in [1.82, 2.24) is 4.98 Å². The fourth-order valence-electron chi connectivity index (χ4n) is 4.25. The van der Waals surface area contributed by atoms with Gasteiger partial charge in [0.1, 0.15) is 23.0 Å². The van der Waals surface area contributed by atoms with E-state index in [0.717, 1.165) is 11.3 Å². The van der Waals surface area contributed by atoms with E-state index in [2.05, 4.69) is 11.6 Å². The van der Waals surface area contributed by atoms with E-state index in [1.807, 2.05) is 6.92 Å². The van der Waals surface area contributed by atoms with Crippen molar-refractivity contribution in [2.45, 2.75) is 19.9 Å². The van der Waals surface area contributed by atoms with Crippen LogP contribution in [0.2, 0.25) is 0 Å². The van der Waals surface area contributed by atoms with E-state index in [1.165, 1.54) is 19.1 Å². The first-order chi connectivity index (χ1) is 19.2. The van der Waals surface area contributed by atoms with Crippen molar-refractivity contribution >= 4 is 39.9 Å². The van der Waals surface area contributed by atoms with Crippen LogP contribution in [0.25, 0.3) is 5.76 Å². The number of ketones is 1. The molecular formula is C29H28N2O8S. The second-order valence-corrected chi connectivity index (χ2v) is 9.52. The molecule has 40 heavy (non-hydrogen) atoms. The molecule has 1 unspecified atom stereocenters. The Kier molecular flexibility index (Phi) is 8.54. The molecule has 1 amide bonds. The number of aliphatic hydroxyl groups excluding tert-OH is 1. The number of amides is 1. The average Bonchev–Trinajstić information content (AvgIpc) is 3.47. The Morgan fingerprint density at radius 2 is 1.85 bits per heavy atom. The Morgan fingerprint density at radius 3 is 2.48 bits per heavy atom. The number of benzene rings is 2. The molecule has 3 aromatic rings. The summed E-state index contributed by atoms with van der Waals surface area (Å²) in [6, 6.07) is 10.3. The molecule has 4 rings (SSSR count). The summed E-state index contributed by atoms with van der Waals surface area (Å²) < 4.78 is 21.5. The third-order valence-electron chi connectivity index (χ3n) is 6.11. The highest BCUT2D eigenvalue weighted by Crippen LogP contribution is 2.45. The van der Waals surface area contributed by atoms with Crippen LogP contribution in [0.15, 0.2) is 60.7 Å². The van der Waals surface area contributed by atoms with Gasteiger partial charge >= 0.3 is 11.9 Å². The van der Waals surface area contributed by atoms with Crippen LogP contribution in [0.3, 0.4) is 0 Å². The van der Waals surface area contributed by atoms with Gasteiger partial charge in [-0.3, -0.25) is 14.5 Å². The van der Waals surface area contributed by atoms with Crippen LogP contribution in [0, 0.1) is 6.92 Å². The highest BCUT2D eigenvalue weighted by molar-refractivity contribution is 7.17. The zero-order valence-corrected chi connectivity index (χ0v) is 23.2. The predicted molar refractivity (Wildman–Crippen MR) is 149 cm³/mol. The molecule has 1 aromatic heterocycles. The van der Waals surface area contributed by atoms with Crippen LogP contribution < -0.4 is 19.1 Å². The normalized spacial score (nSPS) is 16.1. The van der Waals surface area contributed by atoms with Gasteiger partial charge in [0.2, 0.25) is 0 Å². The zero-order chi connectivity index (χ0) is 29.0. The van der Waals surface area contributed by atoms with E-state index in [0.29, 0.717) is 40.7 Å². The van der Waals surface area contributed by atoms with E-state index in [4.69, 9.17) is 18.9 Å². The number of anilines is 1. The number of esters is 1. The van der Waals surface area contributed by atoms with Crippen LogP contribution in [0.1, 0.15) is 39.5 Å². The van der Waals surface area contributed by atoms with Crippen molar-refractivity contribution in [3.8, 4) is 17.2 Å². The fourth-order valence-corrected chi connectivity index (χ4v) is 5.26. The van der Waals surface area contributed by atoms with Crippen molar-refractivity contribution in [3.63, 3.8) is 0 Å². The quantitative estimate of drug-likeness (QED) is 0.121. The van der Waals surface area contributed by atoms with Crippen molar-refractivity contribution < 1.29 is 38.4 Å². The number of thiazole rings is 1. The highest BCUT2D eigenvalue weighted by Gasteiger charge is 2.48. The smallest absolute Gasteiger partial charge is 0.350 e. The number of ether oxygens (including phenoxy) is 4. The third kappa shape index (κ3) is 5.28. The van der Waals surface area contributed by atoms with Crippen molar-refractivity contribution in [2.75, 3.05) is 32.3 Å². The summed E-state index contributed by atoms with van der Waals surface area (Å²) in [4.78, 5) is 45.1. The van der Waals surface area contributed by atoms with E-state index in [9.17, 15) is 19.5 Å². The minimum Gasteiger partial charge on any atom is -0.507 e. The van der Waals surface area contributed by atoms with Crippen molar-refractivity contribution in [2.24, 2.45) is 0 Å². The minimum absolute atomic E-state index is 0.101. The number of aliphatic hydroxyl groups is 1. The minimum atomic E-state index is -1.09. The molecule has 11 heteroatoms. The number of rotatable bonds is 10. The number of carbonyl (C=O) groups excluding carboxylic acids is 3. The van der Waals surface area contributed by atoms with Gasteiger partial charge in [0, 0.05) is 5.56 Å². The van der Waals surface area contributed by atoms with E-state index < -0.39 is 23.7 Å². The van der Waals surface area contributed by atoms with Crippen LogP contribution in [0.5, 0.6) is 17.2 Å². The number of aryl methyl sites for hydroxylation is 1. The summed E-state index contributed by atoms with van der Waals surface area (Å²) in [6.07, 6.45) is 1.59. The molecule has 1 atom stereocenters. The standard InChI is InChI=1S/C29H28N2O8S/c1-6-14-39-20-13-10-18(15-21(20)38-7-2)23-22(24(32)17-8-11-19(36-4)12-9-17)25(33)27(34)31(23)29-30-16(3)26(40-29)28(35)37-5/h6,8-13,15,23,32H,1,7,14H2,2-5H3. The molecule has 0 aliphatic carbocycles. The maximum Gasteiger partial charge on any atom is 0.350 e. The Morgan fingerprint density at radius 1 is 1.12 bits per heavy atom. The molecule has 10 nitrogen and oxygen atoms in total. The number of aromatic nitrogens is 1. The number of hydrogen-bond donors (Lipinski definition) is 1. The van der Waals surface area contributed by atoms with Crippen molar-refractivity contribution in [1.29, 1.82) is 0 Å². The third-order valence-corrected chi connectivity index (χ3v) is 7.25. The van der Waals surface area contributed by atoms with E-state index in [1.54, 1.807) is 55.5 Å². The molecule has 1 N–H and O–H groups in total. The van der Waals surface area contributed by atoms with Gasteiger partial charge in [0.05, 0.1) is 38.1 Å². The van der Waals surface area contributed by atoms with Gasteiger partial charge in [0.15, 0.2) is 16.6 Å². The second kappa shape index (κ2) is 12.0. The Bertz CT molecular complexity index is 1490. The lowest BCUT2D eigenvalue weighted by atomic mass is 9.95. The van der Waals surface area contributed by atoms with Crippen LogP contribution in [0.4, 0.5) is 5.13 Å². The molecule has 0 radical (unpaired) electrons. The summed E-state index contributed by atoms with van der Waals surface area (Å²) in [5.41, 5.74) is 0.956. The van der Waals surface area contributed by atoms with Crippen molar-refractivity contribution in [3.05, 3.63) is 82.4 Å². The first-order valence-corrected chi connectivity index (χ1v) is 13.1. The lowest BCUT2D eigenvalue weighted by molar-refractivity contribution is -0.132. The largest absolute Gasteiger partial charge is 0.507 e. The summed E-state index contributed by atoms with van der Waals surface area (Å²) in [5.74, 6) is -1.43. The molecule has 0 bridgehead atoms. The van der Waals surface area contributed by atoms with Gasteiger partial charge in [0.25, 0.3) is 5.78 Å². The highest BCUT2D eigenvalue weighted by atomic mass is 32.1. The van der Waals surface area contributed by atoms with Crippen LogP contribution in [-0.4, -0.2) is 55.2 Å². The molecule has 0 spiro atoms. The molecule has 1 saturated heterocycles. The average molecular weight is 565 g/mol. The number of Topliss-reactive ketones (excluding diaryl/α,β-unsaturated/α-hetero) is 1. The summed E-state index contributed by atoms with van der Waals surface area (Å²) >= 11 is 0.916. The molecule has 1 fully saturated rings. The molecule has 0 saturated carbocycles. The zero-order valence-electron chi connectivity index (χ0n) is 22.4. The molecule has 208 valence electrons. The fraction of sp³-hybridized carbons (Fsp3) is 0.241. The summed E-state index contributed by atoms with van der Waals surface area (Å²) in [6.45, 7) is 7.65. The second-order valence-electron chi connectivity index (χ2n) is 8.54. The topological polar surface area (TPSA) is 124 Å². The van der Waals surface area contributed by atoms with E-state index >= 15 is 0 Å². The summed E-state index contributed by atoms with van der Waals surface area (Å²) in [5, 5.41) is 11.5. The van der Waals surface area contributed by atoms with Gasteiger partial charge in [-0.05, 0) is 55.8 Å².